The number of halogens is 3. The van der Waals surface area contributed by atoms with Crippen LogP contribution in [0.2, 0.25) is 0 Å². The smallest absolute Gasteiger partial charge is 0.312 e. The Morgan fingerprint density at radius 1 is 1.12 bits per heavy atom. The van der Waals surface area contributed by atoms with Crippen molar-refractivity contribution in [2.75, 3.05) is 0 Å². The van der Waals surface area contributed by atoms with Crippen LogP contribution in [0.4, 0.5) is 13.2 Å². The molecule has 0 spiro atoms. The monoisotopic (exact) mass is 369 g/mol. The molecule has 2 rings (SSSR count). The number of carbonyl (C=O) groups excluding carboxylic acids is 1. The standard InChI is InChI=1S/C19H26F3N3O/c1-12(2)10-14(26)6-5-7-17-23-15-8-9-16(19(20,21)22)24-18(15)25(17)11-13(3)4/h8-9,12-13H,5-7,10-11H2,1-4H3. The van der Waals surface area contributed by atoms with E-state index >= 15 is 0 Å². The summed E-state index contributed by atoms with van der Waals surface area (Å²) in [7, 11) is 0. The Labute approximate surface area is 151 Å². The highest BCUT2D eigenvalue weighted by molar-refractivity contribution is 5.78. The first kappa shape index (κ1) is 20.4. The van der Waals surface area contributed by atoms with Crippen molar-refractivity contribution in [2.24, 2.45) is 11.8 Å². The number of aromatic nitrogens is 3. The van der Waals surface area contributed by atoms with Gasteiger partial charge >= 0.3 is 6.18 Å². The van der Waals surface area contributed by atoms with Crippen LogP contribution in [0.5, 0.6) is 0 Å². The number of alkyl halides is 3. The van der Waals surface area contributed by atoms with Crippen LogP contribution in [-0.4, -0.2) is 20.3 Å². The van der Waals surface area contributed by atoms with Gasteiger partial charge in [0.15, 0.2) is 5.65 Å². The first-order valence-electron chi connectivity index (χ1n) is 9.03. The summed E-state index contributed by atoms with van der Waals surface area (Å²) in [5.41, 5.74) is -0.187. The van der Waals surface area contributed by atoms with Crippen molar-refractivity contribution in [2.45, 2.75) is 66.1 Å². The number of rotatable bonds is 8. The van der Waals surface area contributed by atoms with Gasteiger partial charge in [0.2, 0.25) is 0 Å². The Morgan fingerprint density at radius 2 is 1.81 bits per heavy atom. The summed E-state index contributed by atoms with van der Waals surface area (Å²) in [6, 6.07) is 2.33. The molecule has 2 aromatic heterocycles. The third-order valence-electron chi connectivity index (χ3n) is 4.00. The van der Waals surface area contributed by atoms with Crippen LogP contribution in [0.3, 0.4) is 0 Å². The van der Waals surface area contributed by atoms with Gasteiger partial charge in [-0.05, 0) is 30.4 Å². The second kappa shape index (κ2) is 8.18. The summed E-state index contributed by atoms with van der Waals surface area (Å²) in [6.45, 7) is 8.54. The first-order valence-corrected chi connectivity index (χ1v) is 9.03. The number of Topliss-reactive ketones (excluding diaryl/α,β-unsaturated/α-hetero) is 1. The van der Waals surface area contributed by atoms with Crippen molar-refractivity contribution < 1.29 is 18.0 Å². The molecule has 0 aliphatic heterocycles. The Balaban J connectivity index is 2.26. The van der Waals surface area contributed by atoms with Gasteiger partial charge in [0.1, 0.15) is 22.8 Å². The minimum absolute atomic E-state index is 0.212. The molecule has 0 amide bonds. The van der Waals surface area contributed by atoms with Crippen molar-refractivity contribution in [1.29, 1.82) is 0 Å². The number of ketones is 1. The number of aryl methyl sites for hydroxylation is 1. The molecular weight excluding hydrogens is 343 g/mol. The molecule has 0 unspecified atom stereocenters. The van der Waals surface area contributed by atoms with Gasteiger partial charge in [-0.25, -0.2) is 9.97 Å². The predicted octanol–water partition coefficient (Wildman–Crippen LogP) is 5.04. The lowest BCUT2D eigenvalue weighted by molar-refractivity contribution is -0.141. The summed E-state index contributed by atoms with van der Waals surface area (Å²) in [6.07, 6.45) is -2.28. The molecule has 0 aromatic carbocycles. The molecule has 2 aromatic rings. The molecule has 0 aliphatic carbocycles. The lowest BCUT2D eigenvalue weighted by atomic mass is 10.0. The van der Waals surface area contributed by atoms with E-state index in [4.69, 9.17) is 0 Å². The molecule has 144 valence electrons. The third kappa shape index (κ3) is 5.29. The van der Waals surface area contributed by atoms with Gasteiger partial charge in [-0.1, -0.05) is 27.7 Å². The van der Waals surface area contributed by atoms with E-state index in [1.165, 1.54) is 6.07 Å². The van der Waals surface area contributed by atoms with E-state index in [1.807, 2.05) is 27.7 Å². The average Bonchev–Trinajstić information content (AvgIpc) is 2.82. The van der Waals surface area contributed by atoms with E-state index in [0.717, 1.165) is 6.07 Å². The summed E-state index contributed by atoms with van der Waals surface area (Å²) in [5, 5.41) is 0. The van der Waals surface area contributed by atoms with E-state index < -0.39 is 11.9 Å². The molecule has 7 heteroatoms. The highest BCUT2D eigenvalue weighted by atomic mass is 19.4. The molecule has 0 radical (unpaired) electrons. The highest BCUT2D eigenvalue weighted by Crippen LogP contribution is 2.29. The Kier molecular flexibility index (Phi) is 6.42. The van der Waals surface area contributed by atoms with E-state index in [9.17, 15) is 18.0 Å². The number of carbonyl (C=O) groups is 1. The molecular formula is C19H26F3N3O. The van der Waals surface area contributed by atoms with Crippen molar-refractivity contribution >= 4 is 16.9 Å². The number of pyridine rings is 1. The molecule has 2 heterocycles. The third-order valence-corrected chi connectivity index (χ3v) is 4.00. The fraction of sp³-hybridized carbons (Fsp3) is 0.632. The van der Waals surface area contributed by atoms with Crippen LogP contribution in [-0.2, 0) is 23.9 Å². The quantitative estimate of drug-likeness (QED) is 0.655. The molecule has 0 bridgehead atoms. The maximum Gasteiger partial charge on any atom is 0.433 e. The molecule has 0 atom stereocenters. The molecule has 0 saturated heterocycles. The second-order valence-electron chi connectivity index (χ2n) is 7.56. The maximum atomic E-state index is 13.0. The van der Waals surface area contributed by atoms with Gasteiger partial charge in [-0.15, -0.1) is 0 Å². The zero-order chi connectivity index (χ0) is 19.5. The SMILES string of the molecule is CC(C)CC(=O)CCCc1nc2ccc(C(F)(F)F)nc2n1CC(C)C. The van der Waals surface area contributed by atoms with Crippen molar-refractivity contribution in [3.8, 4) is 0 Å². The number of imidazole rings is 1. The van der Waals surface area contributed by atoms with Gasteiger partial charge in [0.25, 0.3) is 0 Å². The predicted molar refractivity (Wildman–Crippen MR) is 94.8 cm³/mol. The van der Waals surface area contributed by atoms with Gasteiger partial charge in [0, 0.05) is 25.8 Å². The maximum absolute atomic E-state index is 13.0. The first-order chi connectivity index (χ1) is 12.1. The van der Waals surface area contributed by atoms with Crippen LogP contribution in [0.25, 0.3) is 11.2 Å². The zero-order valence-corrected chi connectivity index (χ0v) is 15.7. The van der Waals surface area contributed by atoms with Crippen LogP contribution in [0, 0.1) is 11.8 Å². The Bertz CT molecular complexity index is 763. The summed E-state index contributed by atoms with van der Waals surface area (Å²) in [4.78, 5) is 20.1. The average molecular weight is 369 g/mol. The summed E-state index contributed by atoms with van der Waals surface area (Å²) < 4.78 is 40.7. The molecule has 0 saturated carbocycles. The van der Waals surface area contributed by atoms with E-state index in [2.05, 4.69) is 9.97 Å². The van der Waals surface area contributed by atoms with Crippen molar-refractivity contribution in [3.63, 3.8) is 0 Å². The van der Waals surface area contributed by atoms with Crippen LogP contribution in [0.15, 0.2) is 12.1 Å². The Hall–Kier alpha value is -1.92. The molecule has 0 aliphatic rings. The van der Waals surface area contributed by atoms with E-state index in [1.54, 1.807) is 4.57 Å². The minimum atomic E-state index is -4.48. The zero-order valence-electron chi connectivity index (χ0n) is 15.7. The van der Waals surface area contributed by atoms with E-state index in [-0.39, 0.29) is 17.3 Å². The molecule has 26 heavy (non-hydrogen) atoms. The fourth-order valence-corrected chi connectivity index (χ4v) is 2.96. The number of hydrogen-bond donors (Lipinski definition) is 0. The van der Waals surface area contributed by atoms with Crippen LogP contribution >= 0.6 is 0 Å². The molecule has 0 fully saturated rings. The number of fused-ring (bicyclic) bond motifs is 1. The minimum Gasteiger partial charge on any atom is -0.312 e. The highest BCUT2D eigenvalue weighted by Gasteiger charge is 2.33. The number of hydrogen-bond acceptors (Lipinski definition) is 3. The van der Waals surface area contributed by atoms with Gasteiger partial charge in [-0.2, -0.15) is 13.2 Å². The van der Waals surface area contributed by atoms with Gasteiger partial charge < -0.3 is 4.57 Å². The van der Waals surface area contributed by atoms with Crippen LogP contribution in [0.1, 0.15) is 58.5 Å². The fourth-order valence-electron chi connectivity index (χ4n) is 2.96. The topological polar surface area (TPSA) is 47.8 Å². The lowest BCUT2D eigenvalue weighted by Gasteiger charge is -2.12. The van der Waals surface area contributed by atoms with Crippen molar-refractivity contribution in [3.05, 3.63) is 23.7 Å². The van der Waals surface area contributed by atoms with Gasteiger partial charge in [-0.3, -0.25) is 4.79 Å². The normalized spacial score (nSPS) is 12.5. The summed E-state index contributed by atoms with van der Waals surface area (Å²) >= 11 is 0. The van der Waals surface area contributed by atoms with Crippen LogP contribution < -0.4 is 0 Å². The summed E-state index contributed by atoms with van der Waals surface area (Å²) in [5.74, 6) is 1.48. The van der Waals surface area contributed by atoms with Crippen molar-refractivity contribution in [1.82, 2.24) is 14.5 Å². The van der Waals surface area contributed by atoms with Gasteiger partial charge in [0.05, 0.1) is 0 Å². The molecule has 4 nitrogen and oxygen atoms in total. The lowest BCUT2D eigenvalue weighted by Crippen LogP contribution is -2.12. The Morgan fingerprint density at radius 3 is 2.38 bits per heavy atom. The largest absolute Gasteiger partial charge is 0.433 e. The second-order valence-corrected chi connectivity index (χ2v) is 7.56. The molecule has 0 N–H and O–H groups in total. The van der Waals surface area contributed by atoms with E-state index in [0.29, 0.717) is 49.5 Å². The number of nitrogens with zero attached hydrogens (tertiary/aromatic N) is 3.